The highest BCUT2D eigenvalue weighted by Crippen LogP contribution is 2.14. The van der Waals surface area contributed by atoms with Gasteiger partial charge in [-0.2, -0.15) is 0 Å². The molecule has 0 radical (unpaired) electrons. The molecule has 0 aliphatic rings. The molecule has 4 nitrogen and oxygen atoms in total. The topological polar surface area (TPSA) is 46.4 Å². The fourth-order valence-electron chi connectivity index (χ4n) is 1.84. The molecule has 0 atom stereocenters. The second-order valence-corrected chi connectivity index (χ2v) is 4.47. The van der Waals surface area contributed by atoms with E-state index >= 15 is 0 Å². The average Bonchev–Trinajstić information content (AvgIpc) is 2.48. The molecule has 4 heteroatoms. The molecule has 0 saturated heterocycles. The Morgan fingerprint density at radius 2 is 1.75 bits per heavy atom. The van der Waals surface area contributed by atoms with Crippen LogP contribution in [0.3, 0.4) is 0 Å². The van der Waals surface area contributed by atoms with Gasteiger partial charge in [-0.1, -0.05) is 30.4 Å². The van der Waals surface area contributed by atoms with E-state index in [9.17, 15) is 10.1 Å². The summed E-state index contributed by atoms with van der Waals surface area (Å²) in [5, 5.41) is 10.6. The molecule has 0 heterocycles. The third-order valence-corrected chi connectivity index (χ3v) is 2.99. The first-order valence-corrected chi connectivity index (χ1v) is 6.34. The quantitative estimate of drug-likeness (QED) is 0.613. The fraction of sp³-hybridized carbons (Fsp3) is 0.125. The monoisotopic (exact) mass is 268 g/mol. The Bertz CT molecular complexity index is 592. The normalized spacial score (nSPS) is 10.7. The first-order chi connectivity index (χ1) is 9.66. The maximum absolute atomic E-state index is 10.6. The number of nitro groups is 1. The van der Waals surface area contributed by atoms with Crippen LogP contribution in [-0.2, 0) is 0 Å². The molecule has 0 aliphatic heterocycles. The predicted octanol–water partition coefficient (Wildman–Crippen LogP) is 3.74. The standard InChI is InChI=1S/C16H16N2O2/c1-17(15-7-3-2-4-8-15)13-5-6-14-9-11-16(12-10-14)18(19)20/h2-12H,13H2,1H3. The van der Waals surface area contributed by atoms with Crippen LogP contribution in [-0.4, -0.2) is 18.5 Å². The summed E-state index contributed by atoms with van der Waals surface area (Å²) in [5.74, 6) is 0. The average molecular weight is 268 g/mol. The minimum atomic E-state index is -0.392. The van der Waals surface area contributed by atoms with Crippen molar-refractivity contribution >= 4 is 17.5 Å². The van der Waals surface area contributed by atoms with Gasteiger partial charge in [0, 0.05) is 31.4 Å². The van der Waals surface area contributed by atoms with E-state index in [4.69, 9.17) is 0 Å². The summed E-state index contributed by atoms with van der Waals surface area (Å²) in [6.45, 7) is 0.779. The van der Waals surface area contributed by atoms with Crippen molar-refractivity contribution in [3.05, 3.63) is 76.4 Å². The summed E-state index contributed by atoms with van der Waals surface area (Å²) in [4.78, 5) is 12.3. The van der Waals surface area contributed by atoms with Crippen LogP contribution in [0.2, 0.25) is 0 Å². The Labute approximate surface area is 118 Å². The fourth-order valence-corrected chi connectivity index (χ4v) is 1.84. The molecule has 2 rings (SSSR count). The van der Waals surface area contributed by atoms with Crippen LogP contribution in [0.15, 0.2) is 60.7 Å². The third kappa shape index (κ3) is 3.68. The zero-order valence-corrected chi connectivity index (χ0v) is 11.3. The van der Waals surface area contributed by atoms with Crippen LogP contribution in [0.25, 0.3) is 6.08 Å². The molecular weight excluding hydrogens is 252 g/mol. The number of non-ortho nitro benzene ring substituents is 1. The molecular formula is C16H16N2O2. The largest absolute Gasteiger partial charge is 0.371 e. The summed E-state index contributed by atoms with van der Waals surface area (Å²) in [5.41, 5.74) is 2.22. The van der Waals surface area contributed by atoms with E-state index in [-0.39, 0.29) is 5.69 Å². The minimum absolute atomic E-state index is 0.114. The molecule has 20 heavy (non-hydrogen) atoms. The van der Waals surface area contributed by atoms with Gasteiger partial charge in [-0.3, -0.25) is 10.1 Å². The van der Waals surface area contributed by atoms with Gasteiger partial charge in [-0.15, -0.1) is 0 Å². The van der Waals surface area contributed by atoms with E-state index in [0.29, 0.717) is 0 Å². The summed E-state index contributed by atoms with van der Waals surface area (Å²) in [7, 11) is 2.02. The zero-order chi connectivity index (χ0) is 14.4. The number of rotatable bonds is 5. The number of hydrogen-bond acceptors (Lipinski definition) is 3. The number of hydrogen-bond donors (Lipinski definition) is 0. The van der Waals surface area contributed by atoms with Crippen LogP contribution >= 0.6 is 0 Å². The maximum atomic E-state index is 10.6. The van der Waals surface area contributed by atoms with Gasteiger partial charge in [0.1, 0.15) is 0 Å². The van der Waals surface area contributed by atoms with Gasteiger partial charge >= 0.3 is 0 Å². The number of para-hydroxylation sites is 1. The van der Waals surface area contributed by atoms with Gasteiger partial charge in [-0.25, -0.2) is 0 Å². The number of likely N-dealkylation sites (N-methyl/N-ethyl adjacent to an activating group) is 1. The van der Waals surface area contributed by atoms with Crippen molar-refractivity contribution in [1.29, 1.82) is 0 Å². The smallest absolute Gasteiger partial charge is 0.269 e. The van der Waals surface area contributed by atoms with Crippen molar-refractivity contribution in [2.75, 3.05) is 18.5 Å². The molecule has 0 aliphatic carbocycles. The Morgan fingerprint density at radius 1 is 1.10 bits per heavy atom. The molecule has 2 aromatic carbocycles. The van der Waals surface area contributed by atoms with Gasteiger partial charge in [0.25, 0.3) is 5.69 Å². The second-order valence-electron chi connectivity index (χ2n) is 4.47. The highest BCUT2D eigenvalue weighted by Gasteiger charge is 2.02. The SMILES string of the molecule is CN(CC=Cc1ccc([N+](=O)[O-])cc1)c1ccccc1. The van der Waals surface area contributed by atoms with Crippen molar-refractivity contribution in [3.8, 4) is 0 Å². The lowest BCUT2D eigenvalue weighted by atomic mass is 10.2. The van der Waals surface area contributed by atoms with E-state index in [2.05, 4.69) is 17.0 Å². The molecule has 0 amide bonds. The first kappa shape index (κ1) is 13.8. The molecule has 0 N–H and O–H groups in total. The van der Waals surface area contributed by atoms with Crippen LogP contribution in [0.4, 0.5) is 11.4 Å². The summed E-state index contributed by atoms with van der Waals surface area (Å²) >= 11 is 0. The Hall–Kier alpha value is -2.62. The molecule has 0 spiro atoms. The van der Waals surface area contributed by atoms with Crippen molar-refractivity contribution in [3.63, 3.8) is 0 Å². The number of benzene rings is 2. The predicted molar refractivity (Wildman–Crippen MR) is 81.8 cm³/mol. The lowest BCUT2D eigenvalue weighted by Crippen LogP contribution is -2.16. The highest BCUT2D eigenvalue weighted by atomic mass is 16.6. The number of nitrogens with zero attached hydrogens (tertiary/aromatic N) is 2. The summed E-state index contributed by atoms with van der Waals surface area (Å²) in [6, 6.07) is 16.6. The van der Waals surface area contributed by atoms with E-state index in [1.165, 1.54) is 12.1 Å². The number of anilines is 1. The Balaban J connectivity index is 1.95. The zero-order valence-electron chi connectivity index (χ0n) is 11.3. The van der Waals surface area contributed by atoms with Crippen LogP contribution in [0, 0.1) is 10.1 Å². The van der Waals surface area contributed by atoms with Gasteiger partial charge < -0.3 is 4.90 Å². The highest BCUT2D eigenvalue weighted by molar-refractivity contribution is 5.53. The van der Waals surface area contributed by atoms with Crippen molar-refractivity contribution in [1.82, 2.24) is 0 Å². The van der Waals surface area contributed by atoms with E-state index in [0.717, 1.165) is 17.8 Å². The molecule has 102 valence electrons. The molecule has 0 saturated carbocycles. The van der Waals surface area contributed by atoms with Gasteiger partial charge in [0.15, 0.2) is 0 Å². The number of nitro benzene ring substituents is 1. The van der Waals surface area contributed by atoms with E-state index < -0.39 is 4.92 Å². The van der Waals surface area contributed by atoms with E-state index in [1.54, 1.807) is 12.1 Å². The van der Waals surface area contributed by atoms with Gasteiger partial charge in [-0.05, 0) is 29.8 Å². The van der Waals surface area contributed by atoms with Crippen LogP contribution in [0.5, 0.6) is 0 Å². The minimum Gasteiger partial charge on any atom is -0.371 e. The third-order valence-electron chi connectivity index (χ3n) is 2.99. The van der Waals surface area contributed by atoms with Gasteiger partial charge in [0.2, 0.25) is 0 Å². The molecule has 0 unspecified atom stereocenters. The molecule has 0 aromatic heterocycles. The van der Waals surface area contributed by atoms with E-state index in [1.807, 2.05) is 37.4 Å². The molecule has 0 bridgehead atoms. The Morgan fingerprint density at radius 3 is 2.35 bits per heavy atom. The second kappa shape index (κ2) is 6.52. The first-order valence-electron chi connectivity index (χ1n) is 6.34. The molecule has 0 fully saturated rings. The lowest BCUT2D eigenvalue weighted by molar-refractivity contribution is -0.384. The summed E-state index contributed by atoms with van der Waals surface area (Å²) < 4.78 is 0. The Kier molecular flexibility index (Phi) is 4.50. The molecule has 2 aromatic rings. The van der Waals surface area contributed by atoms with Crippen molar-refractivity contribution < 1.29 is 4.92 Å². The maximum Gasteiger partial charge on any atom is 0.269 e. The van der Waals surface area contributed by atoms with Crippen LogP contribution < -0.4 is 4.90 Å². The van der Waals surface area contributed by atoms with Crippen LogP contribution in [0.1, 0.15) is 5.56 Å². The van der Waals surface area contributed by atoms with Gasteiger partial charge in [0.05, 0.1) is 4.92 Å². The van der Waals surface area contributed by atoms with Crippen molar-refractivity contribution in [2.45, 2.75) is 0 Å². The lowest BCUT2D eigenvalue weighted by Gasteiger charge is -2.16. The van der Waals surface area contributed by atoms with Crippen molar-refractivity contribution in [2.24, 2.45) is 0 Å². The summed E-state index contributed by atoms with van der Waals surface area (Å²) in [6.07, 6.45) is 4.00.